The summed E-state index contributed by atoms with van der Waals surface area (Å²) in [6.45, 7) is 9.48. The van der Waals surface area contributed by atoms with E-state index < -0.39 is 0 Å². The maximum absolute atomic E-state index is 8.31. The number of ether oxygens (including phenoxy) is 1. The van der Waals surface area contributed by atoms with Crippen molar-refractivity contribution in [1.82, 2.24) is 5.32 Å². The SMILES string of the molecule is C/C=c1/c(C/C(C=N)=C/C=C/Cl)cc(C)c(OC)/c1=C/CC.CCCCCCNCO. The highest BCUT2D eigenvalue weighted by Gasteiger charge is 2.08. The third-order valence-electron chi connectivity index (χ3n) is 4.81. The molecule has 0 unspecified atom stereocenters. The van der Waals surface area contributed by atoms with Crippen molar-refractivity contribution in [1.29, 1.82) is 5.41 Å². The van der Waals surface area contributed by atoms with Gasteiger partial charge in [0.05, 0.1) is 13.8 Å². The van der Waals surface area contributed by atoms with E-state index in [1.807, 2.05) is 13.0 Å². The lowest BCUT2D eigenvalue weighted by atomic mass is 9.98. The molecule has 0 heterocycles. The second-order valence-electron chi connectivity index (χ2n) is 7.21. The summed E-state index contributed by atoms with van der Waals surface area (Å²) in [6.07, 6.45) is 16.0. The molecule has 1 aromatic carbocycles. The molecule has 0 aliphatic carbocycles. The Balaban J connectivity index is 0.000000842. The molecule has 0 aromatic heterocycles. The number of allylic oxidation sites excluding steroid dienone is 3. The lowest BCUT2D eigenvalue weighted by Gasteiger charge is -2.12. The number of methoxy groups -OCH3 is 1. The molecule has 0 amide bonds. The van der Waals surface area contributed by atoms with Crippen LogP contribution < -0.4 is 20.5 Å². The Morgan fingerprint density at radius 2 is 1.97 bits per heavy atom. The molecule has 174 valence electrons. The van der Waals surface area contributed by atoms with Crippen LogP contribution in [0.3, 0.4) is 0 Å². The molecule has 31 heavy (non-hydrogen) atoms. The van der Waals surface area contributed by atoms with E-state index in [0.717, 1.165) is 35.1 Å². The Morgan fingerprint density at radius 3 is 2.48 bits per heavy atom. The summed E-state index contributed by atoms with van der Waals surface area (Å²) in [5.74, 6) is 0.930. The molecule has 1 rings (SSSR count). The number of aryl methyl sites for hydroxylation is 1. The zero-order chi connectivity index (χ0) is 23.5. The van der Waals surface area contributed by atoms with Crippen LogP contribution in [0.5, 0.6) is 5.75 Å². The normalized spacial score (nSPS) is 12.8. The van der Waals surface area contributed by atoms with Gasteiger partial charge in [-0.2, -0.15) is 0 Å². The minimum Gasteiger partial charge on any atom is -0.496 e. The van der Waals surface area contributed by atoms with E-state index in [4.69, 9.17) is 26.9 Å². The number of nitrogens with one attached hydrogen (secondary N) is 2. The fourth-order valence-corrected chi connectivity index (χ4v) is 3.44. The number of hydrogen-bond acceptors (Lipinski definition) is 4. The van der Waals surface area contributed by atoms with Gasteiger partial charge in [0.2, 0.25) is 0 Å². The highest BCUT2D eigenvalue weighted by atomic mass is 35.5. The molecule has 0 aliphatic rings. The first kappa shape index (κ1) is 29.1. The zero-order valence-electron chi connectivity index (χ0n) is 19.9. The average Bonchev–Trinajstić information content (AvgIpc) is 2.77. The summed E-state index contributed by atoms with van der Waals surface area (Å²) in [5.41, 5.74) is 4.66. The van der Waals surface area contributed by atoms with Crippen LogP contribution in [0.2, 0.25) is 0 Å². The van der Waals surface area contributed by atoms with Gasteiger partial charge in [-0.25, -0.2) is 0 Å². The standard InChI is InChI=1S/C19H24ClNO.C7H17NO/c1-5-8-18-17(6-2)16(11-14(3)19(18)22-4)12-15(13-21)9-7-10-20;1-2-3-4-5-6-8-7-9/h6-11,13,21H,5,12H2,1-4H3;8-9H,2-7H2,1H3/b10-7+,15-9-,17-6-,18-8+,21-13?;. The van der Waals surface area contributed by atoms with Crippen molar-refractivity contribution in [3.05, 3.63) is 50.9 Å². The van der Waals surface area contributed by atoms with Gasteiger partial charge in [-0.05, 0) is 61.6 Å². The van der Waals surface area contributed by atoms with E-state index in [-0.39, 0.29) is 6.73 Å². The van der Waals surface area contributed by atoms with E-state index in [2.05, 4.69) is 44.3 Å². The van der Waals surface area contributed by atoms with Gasteiger partial charge < -0.3 is 15.3 Å². The lowest BCUT2D eigenvalue weighted by molar-refractivity contribution is 0.260. The molecule has 0 bridgehead atoms. The van der Waals surface area contributed by atoms with Gasteiger partial charge in [0, 0.05) is 17.0 Å². The van der Waals surface area contributed by atoms with Crippen LogP contribution in [0.15, 0.2) is 29.3 Å². The van der Waals surface area contributed by atoms with Crippen molar-refractivity contribution in [2.45, 2.75) is 66.2 Å². The van der Waals surface area contributed by atoms with Gasteiger partial charge in [-0.3, -0.25) is 5.32 Å². The molecule has 0 spiro atoms. The van der Waals surface area contributed by atoms with Gasteiger partial charge >= 0.3 is 0 Å². The molecule has 0 fully saturated rings. The van der Waals surface area contributed by atoms with Crippen LogP contribution in [0.4, 0.5) is 0 Å². The molecule has 4 nitrogen and oxygen atoms in total. The zero-order valence-corrected chi connectivity index (χ0v) is 20.7. The molecular weight excluding hydrogens is 408 g/mol. The van der Waals surface area contributed by atoms with Crippen molar-refractivity contribution in [2.75, 3.05) is 20.4 Å². The van der Waals surface area contributed by atoms with Crippen LogP contribution in [0.1, 0.15) is 64.0 Å². The lowest BCUT2D eigenvalue weighted by Crippen LogP contribution is -2.31. The molecule has 0 atom stereocenters. The summed E-state index contributed by atoms with van der Waals surface area (Å²) in [5, 5.41) is 21.1. The monoisotopic (exact) mass is 448 g/mol. The molecule has 3 N–H and O–H groups in total. The number of unbranched alkanes of at least 4 members (excludes halogenated alkanes) is 3. The largest absolute Gasteiger partial charge is 0.496 e. The van der Waals surface area contributed by atoms with Crippen LogP contribution >= 0.6 is 11.6 Å². The maximum atomic E-state index is 8.31. The van der Waals surface area contributed by atoms with Crippen LogP contribution in [-0.2, 0) is 6.42 Å². The highest BCUT2D eigenvalue weighted by molar-refractivity contribution is 6.25. The van der Waals surface area contributed by atoms with Crippen LogP contribution in [-0.4, -0.2) is 31.7 Å². The number of rotatable bonds is 12. The second-order valence-corrected chi connectivity index (χ2v) is 7.47. The third kappa shape index (κ3) is 11.3. The number of aliphatic hydroxyl groups is 1. The minimum absolute atomic E-state index is 0.117. The van der Waals surface area contributed by atoms with Crippen molar-refractivity contribution >= 4 is 30.0 Å². The summed E-state index contributed by atoms with van der Waals surface area (Å²) < 4.78 is 5.58. The number of benzene rings is 1. The Bertz CT molecular complexity index is 808. The molecule has 5 heteroatoms. The Hall–Kier alpha value is -1.88. The van der Waals surface area contributed by atoms with E-state index in [9.17, 15) is 0 Å². The van der Waals surface area contributed by atoms with Crippen molar-refractivity contribution in [3.8, 4) is 5.75 Å². The average molecular weight is 449 g/mol. The van der Waals surface area contributed by atoms with Gasteiger partial charge in [-0.15, -0.1) is 0 Å². The fourth-order valence-electron chi connectivity index (χ4n) is 3.37. The number of hydrogen-bond donors (Lipinski definition) is 3. The molecule has 0 aliphatic heterocycles. The first-order valence-electron chi connectivity index (χ1n) is 11.1. The predicted molar refractivity (Wildman–Crippen MR) is 137 cm³/mol. The fraction of sp³-hybridized carbons (Fsp3) is 0.500. The highest BCUT2D eigenvalue weighted by Crippen LogP contribution is 2.13. The molecule has 0 saturated heterocycles. The molecule has 1 aromatic rings. The minimum atomic E-state index is 0.117. The second kappa shape index (κ2) is 18.9. The molecular formula is C26H41ClN2O2. The smallest absolute Gasteiger partial charge is 0.129 e. The van der Waals surface area contributed by atoms with Gasteiger partial charge in [0.15, 0.2) is 0 Å². The first-order valence-corrected chi connectivity index (χ1v) is 11.6. The Labute approximate surface area is 193 Å². The first-order chi connectivity index (χ1) is 15.0. The molecule has 0 saturated carbocycles. The van der Waals surface area contributed by atoms with E-state index in [1.165, 1.54) is 48.2 Å². The van der Waals surface area contributed by atoms with Crippen molar-refractivity contribution in [3.63, 3.8) is 0 Å². The topological polar surface area (TPSA) is 65.3 Å². The van der Waals surface area contributed by atoms with E-state index >= 15 is 0 Å². The molecule has 0 radical (unpaired) electrons. The third-order valence-corrected chi connectivity index (χ3v) is 4.96. The summed E-state index contributed by atoms with van der Waals surface area (Å²) in [7, 11) is 1.71. The summed E-state index contributed by atoms with van der Waals surface area (Å²) >= 11 is 5.57. The summed E-state index contributed by atoms with van der Waals surface area (Å²) in [6, 6.07) is 2.14. The summed E-state index contributed by atoms with van der Waals surface area (Å²) in [4.78, 5) is 0. The van der Waals surface area contributed by atoms with Gasteiger partial charge in [-0.1, -0.05) is 75.1 Å². The van der Waals surface area contributed by atoms with Crippen LogP contribution in [0, 0.1) is 12.3 Å². The van der Waals surface area contributed by atoms with Gasteiger partial charge in [0.25, 0.3) is 0 Å². The van der Waals surface area contributed by atoms with Gasteiger partial charge in [0.1, 0.15) is 5.75 Å². The van der Waals surface area contributed by atoms with Crippen molar-refractivity contribution in [2.24, 2.45) is 0 Å². The Morgan fingerprint density at radius 1 is 1.23 bits per heavy atom. The maximum Gasteiger partial charge on any atom is 0.129 e. The number of halogens is 1. The van der Waals surface area contributed by atoms with E-state index in [1.54, 1.807) is 13.2 Å². The number of aliphatic hydroxyl groups excluding tert-OH is 1. The van der Waals surface area contributed by atoms with Crippen LogP contribution in [0.25, 0.3) is 12.2 Å². The van der Waals surface area contributed by atoms with Crippen molar-refractivity contribution < 1.29 is 9.84 Å². The quantitative estimate of drug-likeness (QED) is 0.183. The Kier molecular flexibility index (Phi) is 17.7. The predicted octanol–water partition coefficient (Wildman–Crippen LogP) is 4.97. The van der Waals surface area contributed by atoms with E-state index in [0.29, 0.717) is 6.42 Å².